The number of ketones is 1. The van der Waals surface area contributed by atoms with Crippen molar-refractivity contribution in [1.82, 2.24) is 0 Å². The second-order valence-electron chi connectivity index (χ2n) is 7.35. The molecule has 5 nitrogen and oxygen atoms in total. The number of methoxy groups -OCH3 is 1. The standard InChI is InChI=1S/C27H22O5/c1-4-18-5-7-20(8-6-18)16-31-23-14-13-22-25(28)24(32-26(22)17(23)2)15-19-9-11-21(12-10-19)27(29)30-3/h4-15H,1,16H2,2-3H3/b24-15-. The lowest BCUT2D eigenvalue weighted by Crippen LogP contribution is -2.01. The van der Waals surface area contributed by atoms with E-state index in [0.717, 1.165) is 22.3 Å². The van der Waals surface area contributed by atoms with E-state index in [1.807, 2.05) is 31.2 Å². The molecule has 0 aromatic heterocycles. The third kappa shape index (κ3) is 4.18. The van der Waals surface area contributed by atoms with Gasteiger partial charge in [0.2, 0.25) is 5.78 Å². The summed E-state index contributed by atoms with van der Waals surface area (Å²) in [7, 11) is 1.33. The van der Waals surface area contributed by atoms with Gasteiger partial charge in [0.1, 0.15) is 18.1 Å². The molecular formula is C27H22O5. The first kappa shape index (κ1) is 21.1. The Bertz CT molecular complexity index is 1220. The zero-order chi connectivity index (χ0) is 22.7. The number of carbonyl (C=O) groups excluding carboxylic acids is 2. The van der Waals surface area contributed by atoms with Crippen LogP contribution in [0.1, 0.15) is 43.0 Å². The Labute approximate surface area is 186 Å². The highest BCUT2D eigenvalue weighted by Crippen LogP contribution is 2.39. The maximum atomic E-state index is 12.8. The number of hydrogen-bond donors (Lipinski definition) is 0. The van der Waals surface area contributed by atoms with Crippen LogP contribution in [0.2, 0.25) is 0 Å². The molecule has 0 unspecified atom stereocenters. The molecular weight excluding hydrogens is 404 g/mol. The minimum absolute atomic E-state index is 0.188. The summed E-state index contributed by atoms with van der Waals surface area (Å²) >= 11 is 0. The maximum absolute atomic E-state index is 12.8. The van der Waals surface area contributed by atoms with Gasteiger partial charge in [0.15, 0.2) is 5.76 Å². The number of allylic oxidation sites excluding steroid dienone is 1. The first-order valence-electron chi connectivity index (χ1n) is 10.1. The van der Waals surface area contributed by atoms with Gasteiger partial charge in [-0.15, -0.1) is 0 Å². The molecule has 32 heavy (non-hydrogen) atoms. The molecule has 160 valence electrons. The fourth-order valence-electron chi connectivity index (χ4n) is 3.42. The summed E-state index contributed by atoms with van der Waals surface area (Å²) in [5, 5.41) is 0. The average Bonchev–Trinajstić information content (AvgIpc) is 3.15. The van der Waals surface area contributed by atoms with Crippen molar-refractivity contribution in [1.29, 1.82) is 0 Å². The van der Waals surface area contributed by atoms with Crippen molar-refractivity contribution in [3.8, 4) is 11.5 Å². The Hall–Kier alpha value is -4.12. The zero-order valence-corrected chi connectivity index (χ0v) is 17.9. The van der Waals surface area contributed by atoms with Gasteiger partial charge in [0.05, 0.1) is 18.2 Å². The molecule has 3 aromatic rings. The van der Waals surface area contributed by atoms with Crippen molar-refractivity contribution < 1.29 is 23.8 Å². The van der Waals surface area contributed by atoms with Crippen molar-refractivity contribution in [2.24, 2.45) is 0 Å². The highest BCUT2D eigenvalue weighted by molar-refractivity contribution is 6.15. The molecule has 1 aliphatic heterocycles. The topological polar surface area (TPSA) is 61.8 Å². The molecule has 3 aromatic carbocycles. The Kier molecular flexibility index (Phi) is 5.90. The normalized spacial score (nSPS) is 13.4. The Morgan fingerprint density at radius 2 is 1.69 bits per heavy atom. The van der Waals surface area contributed by atoms with E-state index >= 15 is 0 Å². The van der Waals surface area contributed by atoms with E-state index in [-0.39, 0.29) is 11.5 Å². The van der Waals surface area contributed by atoms with Crippen LogP contribution in [0, 0.1) is 6.92 Å². The molecule has 4 rings (SSSR count). The summed E-state index contributed by atoms with van der Waals surface area (Å²) in [5.41, 5.74) is 4.53. The fraction of sp³-hybridized carbons (Fsp3) is 0.111. The van der Waals surface area contributed by atoms with Crippen LogP contribution < -0.4 is 9.47 Å². The van der Waals surface area contributed by atoms with Crippen molar-refractivity contribution >= 4 is 23.9 Å². The smallest absolute Gasteiger partial charge is 0.337 e. The molecule has 0 spiro atoms. The molecule has 5 heteroatoms. The number of Topliss-reactive ketones (excluding diaryl/α,β-unsaturated/α-hetero) is 1. The Morgan fingerprint density at radius 1 is 1.00 bits per heavy atom. The second-order valence-corrected chi connectivity index (χ2v) is 7.35. The molecule has 1 heterocycles. The molecule has 0 saturated carbocycles. The van der Waals surface area contributed by atoms with E-state index in [9.17, 15) is 9.59 Å². The maximum Gasteiger partial charge on any atom is 0.337 e. The molecule has 0 aliphatic carbocycles. The van der Waals surface area contributed by atoms with Crippen LogP contribution in [-0.4, -0.2) is 18.9 Å². The lowest BCUT2D eigenvalue weighted by Gasteiger charge is -2.11. The number of ether oxygens (including phenoxy) is 3. The number of benzene rings is 3. The van der Waals surface area contributed by atoms with Crippen LogP contribution in [0.4, 0.5) is 0 Å². The summed E-state index contributed by atoms with van der Waals surface area (Å²) in [4.78, 5) is 24.4. The predicted octanol–water partition coefficient (Wildman–Crippen LogP) is 5.62. The van der Waals surface area contributed by atoms with Crippen LogP contribution in [-0.2, 0) is 11.3 Å². The Morgan fingerprint density at radius 3 is 2.34 bits per heavy atom. The molecule has 0 saturated heterocycles. The zero-order valence-electron chi connectivity index (χ0n) is 17.9. The van der Waals surface area contributed by atoms with E-state index in [2.05, 4.69) is 6.58 Å². The lowest BCUT2D eigenvalue weighted by molar-refractivity contribution is 0.0600. The van der Waals surface area contributed by atoms with Crippen molar-refractivity contribution in [2.45, 2.75) is 13.5 Å². The number of carbonyl (C=O) groups is 2. The minimum atomic E-state index is -0.412. The summed E-state index contributed by atoms with van der Waals surface area (Å²) < 4.78 is 16.6. The largest absolute Gasteiger partial charge is 0.488 e. The van der Waals surface area contributed by atoms with Crippen molar-refractivity contribution in [3.63, 3.8) is 0 Å². The molecule has 0 bridgehead atoms. The molecule has 0 N–H and O–H groups in total. The van der Waals surface area contributed by atoms with Crippen LogP contribution in [0.5, 0.6) is 11.5 Å². The van der Waals surface area contributed by atoms with Gasteiger partial charge in [-0.05, 0) is 54.0 Å². The van der Waals surface area contributed by atoms with E-state index < -0.39 is 5.97 Å². The fourth-order valence-corrected chi connectivity index (χ4v) is 3.42. The van der Waals surface area contributed by atoms with Gasteiger partial charge in [0.25, 0.3) is 0 Å². The van der Waals surface area contributed by atoms with Gasteiger partial charge in [-0.1, -0.05) is 49.1 Å². The van der Waals surface area contributed by atoms with Crippen LogP contribution >= 0.6 is 0 Å². The minimum Gasteiger partial charge on any atom is -0.488 e. The third-order valence-corrected chi connectivity index (χ3v) is 5.28. The SMILES string of the molecule is C=Cc1ccc(COc2ccc3c(c2C)O/C(=C\c2ccc(C(=O)OC)cc2)C3=O)cc1. The Balaban J connectivity index is 1.51. The summed E-state index contributed by atoms with van der Waals surface area (Å²) in [6.07, 6.45) is 3.45. The number of fused-ring (bicyclic) bond motifs is 1. The molecule has 1 aliphatic rings. The second kappa shape index (κ2) is 8.94. The monoisotopic (exact) mass is 426 g/mol. The first-order chi connectivity index (χ1) is 15.5. The summed E-state index contributed by atoms with van der Waals surface area (Å²) in [6, 6.07) is 18.2. The molecule has 0 fully saturated rings. The summed E-state index contributed by atoms with van der Waals surface area (Å²) in [5.74, 6) is 0.794. The average molecular weight is 426 g/mol. The van der Waals surface area contributed by atoms with E-state index in [0.29, 0.717) is 29.2 Å². The van der Waals surface area contributed by atoms with Crippen LogP contribution in [0.25, 0.3) is 12.2 Å². The van der Waals surface area contributed by atoms with Gasteiger partial charge < -0.3 is 14.2 Å². The number of hydrogen-bond acceptors (Lipinski definition) is 5. The van der Waals surface area contributed by atoms with Crippen LogP contribution in [0.15, 0.2) is 73.0 Å². The van der Waals surface area contributed by atoms with Gasteiger partial charge in [-0.25, -0.2) is 4.79 Å². The molecule has 0 radical (unpaired) electrons. The van der Waals surface area contributed by atoms with Crippen molar-refractivity contribution in [3.05, 3.63) is 106 Å². The highest BCUT2D eigenvalue weighted by atomic mass is 16.5. The molecule has 0 atom stereocenters. The van der Waals surface area contributed by atoms with Gasteiger partial charge in [-0.3, -0.25) is 4.79 Å². The van der Waals surface area contributed by atoms with Gasteiger partial charge >= 0.3 is 5.97 Å². The number of esters is 1. The quantitative estimate of drug-likeness (QED) is 0.378. The van der Waals surface area contributed by atoms with Crippen LogP contribution in [0.3, 0.4) is 0 Å². The third-order valence-electron chi connectivity index (χ3n) is 5.28. The highest BCUT2D eigenvalue weighted by Gasteiger charge is 2.30. The van der Waals surface area contributed by atoms with Crippen molar-refractivity contribution in [2.75, 3.05) is 7.11 Å². The predicted molar refractivity (Wildman–Crippen MR) is 123 cm³/mol. The first-order valence-corrected chi connectivity index (χ1v) is 10.1. The molecule has 0 amide bonds. The van der Waals surface area contributed by atoms with Gasteiger partial charge in [-0.2, -0.15) is 0 Å². The van der Waals surface area contributed by atoms with E-state index in [1.165, 1.54) is 7.11 Å². The van der Waals surface area contributed by atoms with Gasteiger partial charge in [0, 0.05) is 5.56 Å². The van der Waals surface area contributed by atoms with E-state index in [1.54, 1.807) is 48.6 Å². The summed E-state index contributed by atoms with van der Waals surface area (Å²) in [6.45, 7) is 6.03. The van der Waals surface area contributed by atoms with E-state index in [4.69, 9.17) is 14.2 Å². The number of rotatable bonds is 6. The lowest BCUT2D eigenvalue weighted by atomic mass is 10.1.